The summed E-state index contributed by atoms with van der Waals surface area (Å²) in [6.45, 7) is 13.2. The maximum atomic E-state index is 11.7. The molecule has 0 amide bonds. The molecule has 0 radical (unpaired) electrons. The van der Waals surface area contributed by atoms with Crippen LogP contribution in [-0.2, 0) is 20.2 Å². The first-order chi connectivity index (χ1) is 28.7. The third-order valence-corrected chi connectivity index (χ3v) is 15.0. The lowest BCUT2D eigenvalue weighted by Gasteiger charge is -2.45. The minimum Gasteiger partial charge on any atom is -0.386 e. The van der Waals surface area contributed by atoms with E-state index in [0.29, 0.717) is 35.1 Å². The molecule has 0 fully saturated rings. The molecule has 4 N–H and O–H groups in total. The van der Waals surface area contributed by atoms with E-state index in [0.717, 1.165) is 51.6 Å². The van der Waals surface area contributed by atoms with E-state index in [1.807, 2.05) is 0 Å². The molecular weight excluding hydrogens is 797 g/mol. The van der Waals surface area contributed by atoms with E-state index in [1.165, 1.54) is 167 Å². The van der Waals surface area contributed by atoms with Gasteiger partial charge in [-0.15, -0.1) is 0 Å². The SMILES string of the molecule is CCCCCCCCCCCCCCCCCC[N+](CC)(CC[N+](CC)(CCCCCCCCCCCCCCCCCC)CC(O)CS(=O)(=O)O)CC(O)CS(=O)(=O)O. The fourth-order valence-electron chi connectivity index (χ4n) is 9.38. The van der Waals surface area contributed by atoms with Crippen LogP contribution in [0.15, 0.2) is 0 Å². The van der Waals surface area contributed by atoms with E-state index in [4.69, 9.17) is 0 Å². The normalized spacial score (nSPS) is 15.5. The van der Waals surface area contributed by atoms with E-state index < -0.39 is 43.9 Å². The monoisotopic (exact) mass is 899 g/mol. The fourth-order valence-corrected chi connectivity index (χ4v) is 10.6. The summed E-state index contributed by atoms with van der Waals surface area (Å²) in [5.41, 5.74) is 0. The Morgan fingerprint density at radius 3 is 0.717 bits per heavy atom. The van der Waals surface area contributed by atoms with Crippen LogP contribution in [0.2, 0.25) is 0 Å². The highest BCUT2D eigenvalue weighted by Gasteiger charge is 2.37. The Morgan fingerprint density at radius 2 is 0.533 bits per heavy atom. The molecule has 0 saturated heterocycles. The Labute approximate surface area is 373 Å². The summed E-state index contributed by atoms with van der Waals surface area (Å²) in [6, 6.07) is 0. The van der Waals surface area contributed by atoms with Crippen LogP contribution in [0.4, 0.5) is 0 Å². The number of nitrogens with zero attached hydrogens (tertiary/aromatic N) is 2. The highest BCUT2D eigenvalue weighted by atomic mass is 32.2. The minimum atomic E-state index is -4.35. The quantitative estimate of drug-likeness (QED) is 0.0268. The highest BCUT2D eigenvalue weighted by Crippen LogP contribution is 2.21. The van der Waals surface area contributed by atoms with Crippen molar-refractivity contribution in [3.63, 3.8) is 0 Å². The van der Waals surface area contributed by atoms with Gasteiger partial charge >= 0.3 is 0 Å². The minimum absolute atomic E-state index is 0.200. The van der Waals surface area contributed by atoms with Crippen LogP contribution in [0.5, 0.6) is 0 Å². The van der Waals surface area contributed by atoms with Gasteiger partial charge in [-0.2, -0.15) is 16.8 Å². The molecular formula is C48H102N2O8S2+2. The summed E-state index contributed by atoms with van der Waals surface area (Å²) >= 11 is 0. The Hall–Kier alpha value is -0.340. The largest absolute Gasteiger partial charge is 0.386 e. The lowest BCUT2D eigenvalue weighted by atomic mass is 10.0. The van der Waals surface area contributed by atoms with Gasteiger partial charge in [0.15, 0.2) is 0 Å². The molecule has 0 aliphatic heterocycles. The van der Waals surface area contributed by atoms with Gasteiger partial charge in [-0.1, -0.05) is 194 Å². The van der Waals surface area contributed by atoms with Crippen molar-refractivity contribution in [3.8, 4) is 0 Å². The number of aliphatic hydroxyl groups is 2. The van der Waals surface area contributed by atoms with Crippen molar-refractivity contribution >= 4 is 20.2 Å². The van der Waals surface area contributed by atoms with Gasteiger partial charge in [-0.05, 0) is 39.5 Å². The first-order valence-corrected chi connectivity index (χ1v) is 28.8. The first kappa shape index (κ1) is 59.7. The molecule has 0 saturated carbocycles. The van der Waals surface area contributed by atoms with Crippen LogP contribution in [0.25, 0.3) is 0 Å². The number of rotatable bonds is 47. The summed E-state index contributed by atoms with van der Waals surface area (Å²) in [7, 11) is -8.70. The van der Waals surface area contributed by atoms with Crippen molar-refractivity contribution in [1.82, 2.24) is 0 Å². The summed E-state index contributed by atoms with van der Waals surface area (Å²) in [5.74, 6) is -1.40. The topological polar surface area (TPSA) is 149 Å². The molecule has 4 unspecified atom stereocenters. The van der Waals surface area contributed by atoms with Crippen LogP contribution < -0.4 is 0 Å². The molecule has 0 aliphatic carbocycles. The highest BCUT2D eigenvalue weighted by molar-refractivity contribution is 7.86. The average Bonchev–Trinajstić information content (AvgIpc) is 3.17. The number of hydrogen-bond donors (Lipinski definition) is 4. The van der Waals surface area contributed by atoms with Gasteiger partial charge in [-0.25, -0.2) is 0 Å². The zero-order valence-electron chi connectivity index (χ0n) is 40.0. The number of aliphatic hydroxyl groups excluding tert-OH is 2. The van der Waals surface area contributed by atoms with Gasteiger partial charge in [0.25, 0.3) is 20.2 Å². The van der Waals surface area contributed by atoms with E-state index in [-0.39, 0.29) is 13.1 Å². The van der Waals surface area contributed by atoms with Gasteiger partial charge in [0.2, 0.25) is 0 Å². The zero-order chi connectivity index (χ0) is 44.9. The van der Waals surface area contributed by atoms with Crippen molar-refractivity contribution in [2.24, 2.45) is 0 Å². The second kappa shape index (κ2) is 38.0. The van der Waals surface area contributed by atoms with Gasteiger partial charge in [0.1, 0.15) is 49.9 Å². The van der Waals surface area contributed by atoms with Crippen LogP contribution >= 0.6 is 0 Å². The standard InChI is InChI=1S/C48H100N2O8S2/c1-5-9-11-13-15-17-19-21-23-25-27-29-31-33-35-37-39-49(7-3,43-47(51)45-59(53,54)55)41-42-50(8-4,44-48(52)46-60(56,57)58)40-38-36-34-32-30-28-26-24-22-20-18-16-14-12-10-6-2/h47-48,51-52H,5-46H2,1-4H3/p+2. The molecule has 0 aromatic carbocycles. The van der Waals surface area contributed by atoms with E-state index in [2.05, 4.69) is 27.7 Å². The number of quaternary nitrogens is 2. The van der Waals surface area contributed by atoms with Crippen LogP contribution in [-0.4, -0.2) is 121 Å². The molecule has 60 heavy (non-hydrogen) atoms. The van der Waals surface area contributed by atoms with Crippen molar-refractivity contribution < 1.29 is 45.1 Å². The second-order valence-corrected chi connectivity index (χ2v) is 22.0. The summed E-state index contributed by atoms with van der Waals surface area (Å²) in [6.07, 6.45) is 38.5. The molecule has 0 aromatic rings. The molecule has 0 aliphatic rings. The molecule has 0 rings (SSSR count). The van der Waals surface area contributed by atoms with Crippen molar-refractivity contribution in [1.29, 1.82) is 0 Å². The molecule has 12 heteroatoms. The smallest absolute Gasteiger partial charge is 0.267 e. The average molecular weight is 899 g/mol. The predicted octanol–water partition coefficient (Wildman–Crippen LogP) is 11.7. The van der Waals surface area contributed by atoms with Crippen molar-refractivity contribution in [2.75, 3.05) is 63.9 Å². The lowest BCUT2D eigenvalue weighted by Crippen LogP contribution is -2.62. The summed E-state index contributed by atoms with van der Waals surface area (Å²) < 4.78 is 67.1. The summed E-state index contributed by atoms with van der Waals surface area (Å²) in [4.78, 5) is 0. The van der Waals surface area contributed by atoms with Crippen molar-refractivity contribution in [3.05, 3.63) is 0 Å². The van der Waals surface area contributed by atoms with E-state index >= 15 is 0 Å². The molecule has 10 nitrogen and oxygen atoms in total. The van der Waals surface area contributed by atoms with Crippen LogP contribution in [0, 0.1) is 0 Å². The number of likely N-dealkylation sites (N-methyl/N-ethyl adjacent to an activating group) is 2. The van der Waals surface area contributed by atoms with E-state index in [9.17, 15) is 36.2 Å². The Kier molecular flexibility index (Phi) is 37.8. The lowest BCUT2D eigenvalue weighted by molar-refractivity contribution is -0.982. The molecule has 362 valence electrons. The maximum absolute atomic E-state index is 11.7. The Balaban J connectivity index is 5.13. The second-order valence-electron chi connectivity index (χ2n) is 19.0. The summed E-state index contributed by atoms with van der Waals surface area (Å²) in [5, 5.41) is 21.8. The van der Waals surface area contributed by atoms with Gasteiger partial charge in [-0.3, -0.25) is 9.11 Å². The number of hydrogen-bond acceptors (Lipinski definition) is 6. The van der Waals surface area contributed by atoms with Gasteiger partial charge in [0, 0.05) is 0 Å². The molecule has 4 atom stereocenters. The Morgan fingerprint density at radius 1 is 0.333 bits per heavy atom. The third kappa shape index (κ3) is 37.1. The fraction of sp³-hybridized carbons (Fsp3) is 1.00. The molecule has 0 aromatic heterocycles. The molecule has 0 spiro atoms. The predicted molar refractivity (Wildman–Crippen MR) is 255 cm³/mol. The van der Waals surface area contributed by atoms with Gasteiger partial charge < -0.3 is 19.2 Å². The van der Waals surface area contributed by atoms with Crippen LogP contribution in [0.1, 0.15) is 233 Å². The van der Waals surface area contributed by atoms with E-state index in [1.54, 1.807) is 0 Å². The first-order valence-electron chi connectivity index (χ1n) is 25.6. The molecule has 0 bridgehead atoms. The van der Waals surface area contributed by atoms with Gasteiger partial charge in [0.05, 0.1) is 26.2 Å². The van der Waals surface area contributed by atoms with Crippen molar-refractivity contribution in [2.45, 2.75) is 245 Å². The third-order valence-electron chi connectivity index (χ3n) is 13.4. The zero-order valence-corrected chi connectivity index (χ0v) is 41.6. The van der Waals surface area contributed by atoms with Crippen LogP contribution in [0.3, 0.4) is 0 Å². The Bertz CT molecular complexity index is 1080. The maximum Gasteiger partial charge on any atom is 0.267 e. The molecule has 0 heterocycles. The number of unbranched alkanes of at least 4 members (excludes halogenated alkanes) is 30.